The zero-order chi connectivity index (χ0) is 16.3. The summed E-state index contributed by atoms with van der Waals surface area (Å²) >= 11 is 5.95. The van der Waals surface area contributed by atoms with Crippen LogP contribution in [-0.2, 0) is 13.1 Å². The van der Waals surface area contributed by atoms with Gasteiger partial charge in [0.25, 0.3) is 5.91 Å². The van der Waals surface area contributed by atoms with E-state index in [-0.39, 0.29) is 23.9 Å². The molecule has 118 valence electrons. The molecule has 6 heteroatoms. The first-order valence-corrected chi connectivity index (χ1v) is 7.60. The highest BCUT2D eigenvalue weighted by atomic mass is 35.5. The Labute approximate surface area is 134 Å². The highest BCUT2D eigenvalue weighted by Gasteiger charge is 2.17. The Balaban J connectivity index is 2.16. The molecule has 1 aromatic heterocycles. The topological polar surface area (TPSA) is 46.9 Å². The molecule has 0 saturated carbocycles. The van der Waals surface area contributed by atoms with Crippen LogP contribution in [0, 0.1) is 5.82 Å². The van der Waals surface area contributed by atoms with Crippen molar-refractivity contribution in [2.24, 2.45) is 0 Å². The van der Waals surface area contributed by atoms with Gasteiger partial charge in [-0.05, 0) is 31.0 Å². The second kappa shape index (κ2) is 6.92. The summed E-state index contributed by atoms with van der Waals surface area (Å²) in [5.41, 5.74) is 1.61. The third-order valence-corrected chi connectivity index (χ3v) is 3.76. The Morgan fingerprint density at radius 2 is 2.18 bits per heavy atom. The van der Waals surface area contributed by atoms with Crippen LogP contribution in [0.3, 0.4) is 0 Å². The molecule has 0 radical (unpaired) electrons. The number of hydrogen-bond donors (Lipinski definition) is 1. The number of benzene rings is 1. The molecule has 0 saturated heterocycles. The Bertz CT molecular complexity index is 662. The van der Waals surface area contributed by atoms with Crippen molar-refractivity contribution in [2.75, 3.05) is 0 Å². The second-order valence-electron chi connectivity index (χ2n) is 5.31. The lowest BCUT2D eigenvalue weighted by molar-refractivity contribution is 0.0940. The summed E-state index contributed by atoms with van der Waals surface area (Å²) in [6, 6.07) is 6.22. The molecule has 0 atom stereocenters. The smallest absolute Gasteiger partial charge is 0.269 e. The predicted molar refractivity (Wildman–Crippen MR) is 84.6 cm³/mol. The van der Waals surface area contributed by atoms with Crippen LogP contribution in [0.1, 0.15) is 48.4 Å². The Morgan fingerprint density at radius 3 is 2.77 bits per heavy atom. The lowest BCUT2D eigenvalue weighted by atomic mass is 10.1. The minimum Gasteiger partial charge on any atom is -0.346 e. The van der Waals surface area contributed by atoms with Crippen LogP contribution in [0.2, 0.25) is 5.02 Å². The lowest BCUT2D eigenvalue weighted by Gasteiger charge is -2.08. The zero-order valence-corrected chi connectivity index (χ0v) is 13.6. The number of carbonyl (C=O) groups is 1. The first-order chi connectivity index (χ1) is 10.4. The van der Waals surface area contributed by atoms with E-state index in [9.17, 15) is 9.18 Å². The van der Waals surface area contributed by atoms with Gasteiger partial charge in [-0.15, -0.1) is 0 Å². The average molecular weight is 324 g/mol. The van der Waals surface area contributed by atoms with E-state index in [1.54, 1.807) is 16.8 Å². The van der Waals surface area contributed by atoms with Crippen LogP contribution in [0.25, 0.3) is 0 Å². The molecule has 2 rings (SSSR count). The summed E-state index contributed by atoms with van der Waals surface area (Å²) in [6.45, 7) is 6.58. The molecule has 4 nitrogen and oxygen atoms in total. The van der Waals surface area contributed by atoms with Gasteiger partial charge in [0.05, 0.1) is 5.69 Å². The first kappa shape index (κ1) is 16.5. The van der Waals surface area contributed by atoms with Crippen LogP contribution in [0.5, 0.6) is 0 Å². The Hall–Kier alpha value is -1.88. The molecule has 0 aliphatic heterocycles. The van der Waals surface area contributed by atoms with Gasteiger partial charge in [-0.2, -0.15) is 5.10 Å². The Morgan fingerprint density at radius 1 is 1.45 bits per heavy atom. The quantitative estimate of drug-likeness (QED) is 0.911. The molecular weight excluding hydrogens is 305 g/mol. The van der Waals surface area contributed by atoms with Crippen LogP contribution in [0.15, 0.2) is 24.3 Å². The van der Waals surface area contributed by atoms with E-state index >= 15 is 0 Å². The van der Waals surface area contributed by atoms with E-state index in [1.165, 1.54) is 12.1 Å². The molecule has 1 heterocycles. The number of hydrogen-bond acceptors (Lipinski definition) is 2. The Kier molecular flexibility index (Phi) is 5.19. The van der Waals surface area contributed by atoms with E-state index in [1.807, 2.05) is 20.8 Å². The predicted octanol–water partition coefficient (Wildman–Crippen LogP) is 3.75. The van der Waals surface area contributed by atoms with Gasteiger partial charge >= 0.3 is 0 Å². The lowest BCUT2D eigenvalue weighted by Crippen LogP contribution is -2.26. The van der Waals surface area contributed by atoms with Crippen LogP contribution >= 0.6 is 11.6 Å². The molecule has 1 amide bonds. The summed E-state index contributed by atoms with van der Waals surface area (Å²) in [5.74, 6) is -0.486. The van der Waals surface area contributed by atoms with Crippen molar-refractivity contribution in [3.63, 3.8) is 0 Å². The zero-order valence-electron chi connectivity index (χ0n) is 12.9. The van der Waals surface area contributed by atoms with Gasteiger partial charge in [0.1, 0.15) is 11.5 Å². The van der Waals surface area contributed by atoms with Gasteiger partial charge in [0.15, 0.2) is 0 Å². The van der Waals surface area contributed by atoms with Crippen LogP contribution in [-0.4, -0.2) is 15.7 Å². The molecule has 2 aromatic rings. The highest BCUT2D eigenvalue weighted by molar-refractivity contribution is 6.31. The fourth-order valence-corrected chi connectivity index (χ4v) is 2.33. The highest BCUT2D eigenvalue weighted by Crippen LogP contribution is 2.19. The normalized spacial score (nSPS) is 11.0. The third kappa shape index (κ3) is 3.47. The number of aromatic nitrogens is 2. The SMILES string of the molecule is CCn1nc(C(C)C)cc1C(=O)NCc1c(F)cccc1Cl. The maximum absolute atomic E-state index is 13.7. The molecule has 0 fully saturated rings. The molecule has 0 spiro atoms. The standard InChI is InChI=1S/C16H19ClFN3O/c1-4-21-15(8-14(20-21)10(2)3)16(22)19-9-11-12(17)6-5-7-13(11)18/h5-8,10H,4,9H2,1-3H3,(H,19,22). The largest absolute Gasteiger partial charge is 0.346 e. The number of nitrogens with zero attached hydrogens (tertiary/aromatic N) is 2. The summed E-state index contributed by atoms with van der Waals surface area (Å²) in [5, 5.41) is 7.39. The molecule has 22 heavy (non-hydrogen) atoms. The molecule has 0 aliphatic carbocycles. The maximum Gasteiger partial charge on any atom is 0.269 e. The molecular formula is C16H19ClFN3O. The van der Waals surface area contributed by atoms with Crippen molar-refractivity contribution in [2.45, 2.75) is 39.8 Å². The molecule has 1 aromatic carbocycles. The van der Waals surface area contributed by atoms with Crippen molar-refractivity contribution in [3.05, 3.63) is 52.1 Å². The number of rotatable bonds is 5. The van der Waals surface area contributed by atoms with Crippen LogP contribution < -0.4 is 5.32 Å². The number of aryl methyl sites for hydroxylation is 1. The number of carbonyl (C=O) groups excluding carboxylic acids is 1. The van der Waals surface area contributed by atoms with Gasteiger partial charge in [-0.3, -0.25) is 9.48 Å². The summed E-state index contributed by atoms with van der Waals surface area (Å²) in [7, 11) is 0. The fraction of sp³-hybridized carbons (Fsp3) is 0.375. The van der Waals surface area contributed by atoms with Gasteiger partial charge in [-0.1, -0.05) is 31.5 Å². The number of halogens is 2. The minimum atomic E-state index is -0.431. The second-order valence-corrected chi connectivity index (χ2v) is 5.71. The monoisotopic (exact) mass is 323 g/mol. The van der Waals surface area contributed by atoms with Crippen LogP contribution in [0.4, 0.5) is 4.39 Å². The van der Waals surface area contributed by atoms with Crippen molar-refractivity contribution in [1.82, 2.24) is 15.1 Å². The molecule has 0 aliphatic rings. The van der Waals surface area contributed by atoms with Crippen molar-refractivity contribution < 1.29 is 9.18 Å². The molecule has 1 N–H and O–H groups in total. The van der Waals surface area contributed by atoms with Gasteiger partial charge in [0, 0.05) is 23.7 Å². The van der Waals surface area contributed by atoms with Crippen molar-refractivity contribution in [3.8, 4) is 0 Å². The summed E-state index contributed by atoms with van der Waals surface area (Å²) in [4.78, 5) is 12.3. The van der Waals surface area contributed by atoms with Gasteiger partial charge in [0.2, 0.25) is 0 Å². The average Bonchev–Trinajstić information content (AvgIpc) is 2.91. The number of nitrogens with one attached hydrogen (secondary N) is 1. The van der Waals surface area contributed by atoms with E-state index in [2.05, 4.69) is 10.4 Å². The minimum absolute atomic E-state index is 0.0379. The fourth-order valence-electron chi connectivity index (χ4n) is 2.10. The van der Waals surface area contributed by atoms with E-state index in [4.69, 9.17) is 11.6 Å². The molecule has 0 unspecified atom stereocenters. The van der Waals surface area contributed by atoms with E-state index < -0.39 is 5.82 Å². The van der Waals surface area contributed by atoms with Gasteiger partial charge < -0.3 is 5.32 Å². The van der Waals surface area contributed by atoms with Crippen molar-refractivity contribution in [1.29, 1.82) is 0 Å². The molecule has 0 bridgehead atoms. The maximum atomic E-state index is 13.7. The third-order valence-electron chi connectivity index (χ3n) is 3.41. The van der Waals surface area contributed by atoms with E-state index in [0.29, 0.717) is 17.3 Å². The summed E-state index contributed by atoms with van der Waals surface area (Å²) in [6.07, 6.45) is 0. The number of amides is 1. The van der Waals surface area contributed by atoms with Gasteiger partial charge in [-0.25, -0.2) is 4.39 Å². The summed E-state index contributed by atoms with van der Waals surface area (Å²) < 4.78 is 15.4. The van der Waals surface area contributed by atoms with Crippen molar-refractivity contribution >= 4 is 17.5 Å². The first-order valence-electron chi connectivity index (χ1n) is 7.22. The van der Waals surface area contributed by atoms with E-state index in [0.717, 1.165) is 5.69 Å².